The molecule has 6 nitrogen and oxygen atoms in total. The first-order chi connectivity index (χ1) is 9.50. The molecule has 0 radical (unpaired) electrons. The molecule has 1 fully saturated rings. The third-order valence-electron chi connectivity index (χ3n) is 3.97. The number of amides is 2. The average Bonchev–Trinajstić information content (AvgIpc) is 2.46. The predicted molar refractivity (Wildman–Crippen MR) is 75.4 cm³/mol. The highest BCUT2D eigenvalue weighted by molar-refractivity contribution is 5.79. The van der Waals surface area contributed by atoms with Crippen LogP contribution in [0.4, 0.5) is 4.79 Å². The number of aliphatic hydroxyl groups is 1. The Balaban J connectivity index is 2.81. The van der Waals surface area contributed by atoms with Gasteiger partial charge in [0, 0.05) is 26.2 Å². The van der Waals surface area contributed by atoms with Gasteiger partial charge in [0.2, 0.25) is 0 Å². The van der Waals surface area contributed by atoms with Gasteiger partial charge in [-0.2, -0.15) is 0 Å². The van der Waals surface area contributed by atoms with Gasteiger partial charge in [-0.25, -0.2) is 4.79 Å². The molecule has 2 amide bonds. The van der Waals surface area contributed by atoms with Crippen LogP contribution in [-0.2, 0) is 4.79 Å². The number of carboxylic acid groups (broad SMARTS) is 1. The third kappa shape index (κ3) is 3.50. The van der Waals surface area contributed by atoms with E-state index in [1.807, 2.05) is 6.92 Å². The van der Waals surface area contributed by atoms with Crippen molar-refractivity contribution in [3.63, 3.8) is 0 Å². The normalized spacial score (nSPS) is 22.4. The Morgan fingerprint density at radius 1 is 1.50 bits per heavy atom. The lowest BCUT2D eigenvalue weighted by Crippen LogP contribution is -2.53. The average molecular weight is 284 g/mol. The quantitative estimate of drug-likeness (QED) is 0.717. The molecule has 0 aliphatic carbocycles. The largest absolute Gasteiger partial charge is 0.481 e. The minimum Gasteiger partial charge on any atom is -0.481 e. The van der Waals surface area contributed by atoms with E-state index in [1.54, 1.807) is 11.0 Å². The van der Waals surface area contributed by atoms with E-state index in [0.29, 0.717) is 32.4 Å². The lowest BCUT2D eigenvalue weighted by molar-refractivity contribution is -0.152. The van der Waals surface area contributed by atoms with E-state index in [2.05, 4.69) is 6.58 Å². The molecular weight excluding hydrogens is 260 g/mol. The number of carbonyl (C=O) groups excluding carboxylic acids is 1. The van der Waals surface area contributed by atoms with Crippen LogP contribution in [0.15, 0.2) is 12.7 Å². The fourth-order valence-electron chi connectivity index (χ4n) is 2.65. The molecule has 0 spiro atoms. The molecule has 6 heteroatoms. The summed E-state index contributed by atoms with van der Waals surface area (Å²) in [5.74, 6) is -0.838. The summed E-state index contributed by atoms with van der Waals surface area (Å²) in [6.07, 6.45) is 3.40. The lowest BCUT2D eigenvalue weighted by atomic mass is 9.78. The Labute approximate surface area is 119 Å². The van der Waals surface area contributed by atoms with Crippen LogP contribution in [0.25, 0.3) is 0 Å². The van der Waals surface area contributed by atoms with Gasteiger partial charge in [-0.3, -0.25) is 4.79 Å². The van der Waals surface area contributed by atoms with Crippen molar-refractivity contribution < 1.29 is 19.8 Å². The zero-order valence-corrected chi connectivity index (χ0v) is 12.0. The fraction of sp³-hybridized carbons (Fsp3) is 0.714. The van der Waals surface area contributed by atoms with Crippen molar-refractivity contribution in [2.45, 2.75) is 26.2 Å². The number of carbonyl (C=O) groups is 2. The van der Waals surface area contributed by atoms with Gasteiger partial charge < -0.3 is 20.0 Å². The second-order valence-corrected chi connectivity index (χ2v) is 5.21. The molecule has 0 aromatic carbocycles. The van der Waals surface area contributed by atoms with Crippen LogP contribution in [0.1, 0.15) is 26.2 Å². The number of rotatable bonds is 6. The number of piperidine rings is 1. The molecule has 1 rings (SSSR count). The summed E-state index contributed by atoms with van der Waals surface area (Å²) < 4.78 is 0. The highest BCUT2D eigenvalue weighted by atomic mass is 16.4. The van der Waals surface area contributed by atoms with E-state index < -0.39 is 11.4 Å². The van der Waals surface area contributed by atoms with Crippen molar-refractivity contribution in [3.8, 4) is 0 Å². The molecule has 1 unspecified atom stereocenters. The van der Waals surface area contributed by atoms with Gasteiger partial charge in [0.05, 0.1) is 12.0 Å². The van der Waals surface area contributed by atoms with Gasteiger partial charge >= 0.3 is 12.0 Å². The SMILES string of the molecule is C=CCN(CCO)C(=O)N1CCCC(CC)(C(=O)O)C1. The molecule has 1 heterocycles. The Morgan fingerprint density at radius 2 is 2.20 bits per heavy atom. The van der Waals surface area contributed by atoms with Gasteiger partial charge in [0.15, 0.2) is 0 Å². The van der Waals surface area contributed by atoms with Crippen LogP contribution in [0.3, 0.4) is 0 Å². The summed E-state index contributed by atoms with van der Waals surface area (Å²) in [6, 6.07) is -0.224. The maximum atomic E-state index is 12.4. The lowest BCUT2D eigenvalue weighted by Gasteiger charge is -2.41. The highest BCUT2D eigenvalue weighted by Gasteiger charge is 2.42. The Kier molecular flexibility index (Phi) is 6.01. The number of hydrogen-bond donors (Lipinski definition) is 2. The minimum absolute atomic E-state index is 0.120. The molecule has 20 heavy (non-hydrogen) atoms. The van der Waals surface area contributed by atoms with Crippen LogP contribution in [0.5, 0.6) is 0 Å². The first-order valence-electron chi connectivity index (χ1n) is 6.99. The summed E-state index contributed by atoms with van der Waals surface area (Å²) in [4.78, 5) is 27.0. The molecule has 1 saturated heterocycles. The fourth-order valence-corrected chi connectivity index (χ4v) is 2.65. The van der Waals surface area contributed by atoms with Crippen molar-refractivity contribution in [2.24, 2.45) is 5.41 Å². The number of nitrogens with zero attached hydrogens (tertiary/aromatic N) is 2. The zero-order chi connectivity index (χ0) is 15.2. The van der Waals surface area contributed by atoms with Crippen molar-refractivity contribution in [1.82, 2.24) is 9.80 Å². The van der Waals surface area contributed by atoms with Gasteiger partial charge in [0.1, 0.15) is 0 Å². The maximum Gasteiger partial charge on any atom is 0.320 e. The van der Waals surface area contributed by atoms with Crippen LogP contribution in [-0.4, -0.2) is 64.8 Å². The third-order valence-corrected chi connectivity index (χ3v) is 3.97. The first-order valence-corrected chi connectivity index (χ1v) is 6.99. The summed E-state index contributed by atoms with van der Waals surface area (Å²) >= 11 is 0. The minimum atomic E-state index is -0.840. The molecule has 1 aliphatic rings. The first kappa shape index (κ1) is 16.5. The summed E-state index contributed by atoms with van der Waals surface area (Å²) in [5, 5.41) is 18.4. The Bertz CT molecular complexity index is 372. The van der Waals surface area contributed by atoms with Gasteiger partial charge in [-0.15, -0.1) is 6.58 Å². The number of hydrogen-bond acceptors (Lipinski definition) is 3. The number of carboxylic acids is 1. The number of aliphatic carboxylic acids is 1. The molecule has 1 aliphatic heterocycles. The predicted octanol–water partition coefficient (Wildman–Crippen LogP) is 1.16. The van der Waals surface area contributed by atoms with Crippen LogP contribution >= 0.6 is 0 Å². The van der Waals surface area contributed by atoms with Gasteiger partial charge in [-0.1, -0.05) is 13.0 Å². The number of likely N-dealkylation sites (tertiary alicyclic amines) is 1. The van der Waals surface area contributed by atoms with E-state index in [4.69, 9.17) is 5.11 Å². The molecule has 0 aromatic heterocycles. The molecular formula is C14H24N2O4. The second-order valence-electron chi connectivity index (χ2n) is 5.21. The maximum absolute atomic E-state index is 12.4. The van der Waals surface area contributed by atoms with E-state index in [9.17, 15) is 14.7 Å². The smallest absolute Gasteiger partial charge is 0.320 e. The van der Waals surface area contributed by atoms with Gasteiger partial charge in [-0.05, 0) is 19.3 Å². The van der Waals surface area contributed by atoms with E-state index in [-0.39, 0.29) is 25.7 Å². The summed E-state index contributed by atoms with van der Waals surface area (Å²) in [6.45, 7) is 6.69. The summed E-state index contributed by atoms with van der Waals surface area (Å²) in [7, 11) is 0. The van der Waals surface area contributed by atoms with Crippen molar-refractivity contribution in [2.75, 3.05) is 32.8 Å². The second kappa shape index (κ2) is 7.28. The Morgan fingerprint density at radius 3 is 2.70 bits per heavy atom. The van der Waals surface area contributed by atoms with Crippen molar-refractivity contribution >= 4 is 12.0 Å². The number of urea groups is 1. The topological polar surface area (TPSA) is 81.1 Å². The molecule has 0 aromatic rings. The Hall–Kier alpha value is -1.56. The molecule has 1 atom stereocenters. The molecule has 0 bridgehead atoms. The standard InChI is InChI=1S/C14H24N2O4/c1-3-7-15(9-10-17)13(20)16-8-5-6-14(4-2,11-16)12(18)19/h3,17H,1,4-11H2,2H3,(H,18,19). The van der Waals surface area contributed by atoms with E-state index >= 15 is 0 Å². The van der Waals surface area contributed by atoms with Crippen LogP contribution in [0, 0.1) is 5.41 Å². The summed E-state index contributed by atoms with van der Waals surface area (Å²) in [5.41, 5.74) is -0.840. The molecule has 0 saturated carbocycles. The highest BCUT2D eigenvalue weighted by Crippen LogP contribution is 2.34. The van der Waals surface area contributed by atoms with Crippen molar-refractivity contribution in [1.29, 1.82) is 0 Å². The molecule has 2 N–H and O–H groups in total. The van der Waals surface area contributed by atoms with Gasteiger partial charge in [0.25, 0.3) is 0 Å². The number of aliphatic hydroxyl groups excluding tert-OH is 1. The van der Waals surface area contributed by atoms with E-state index in [0.717, 1.165) is 0 Å². The van der Waals surface area contributed by atoms with Crippen LogP contribution in [0.2, 0.25) is 0 Å². The monoisotopic (exact) mass is 284 g/mol. The van der Waals surface area contributed by atoms with Crippen LogP contribution < -0.4 is 0 Å². The van der Waals surface area contributed by atoms with E-state index in [1.165, 1.54) is 4.90 Å². The molecule has 114 valence electrons. The van der Waals surface area contributed by atoms with Crippen molar-refractivity contribution in [3.05, 3.63) is 12.7 Å². The zero-order valence-electron chi connectivity index (χ0n) is 12.0.